The zero-order valence-corrected chi connectivity index (χ0v) is 13.4. The number of thiophene rings is 1. The standard InChI is InChI=1S/C16H21FN2OS/c1-4-16(5-2,9-18)19-15(20)14-10(3)13-11(17)7-6-8-12(13)21-14/h6-8H,4-5,9,18H2,1-3H3,(H,19,20). The van der Waals surface area contributed by atoms with Crippen molar-refractivity contribution in [2.75, 3.05) is 6.54 Å². The lowest BCUT2D eigenvalue weighted by atomic mass is 9.92. The van der Waals surface area contributed by atoms with Gasteiger partial charge in [0.15, 0.2) is 0 Å². The first kappa shape index (κ1) is 15.9. The molecule has 0 saturated carbocycles. The van der Waals surface area contributed by atoms with Gasteiger partial charge in [-0.25, -0.2) is 4.39 Å². The van der Waals surface area contributed by atoms with Gasteiger partial charge >= 0.3 is 0 Å². The van der Waals surface area contributed by atoms with Crippen LogP contribution in [0.5, 0.6) is 0 Å². The summed E-state index contributed by atoms with van der Waals surface area (Å²) in [7, 11) is 0. The second-order valence-corrected chi connectivity index (χ2v) is 6.37. The Labute approximate surface area is 128 Å². The van der Waals surface area contributed by atoms with Crippen LogP contribution in [0.1, 0.15) is 41.9 Å². The van der Waals surface area contributed by atoms with Crippen LogP contribution in [0.15, 0.2) is 18.2 Å². The predicted octanol–water partition coefficient (Wildman–Crippen LogP) is 3.60. The second kappa shape index (κ2) is 6.12. The minimum absolute atomic E-state index is 0.165. The Morgan fingerprint density at radius 1 is 1.38 bits per heavy atom. The van der Waals surface area contributed by atoms with Crippen LogP contribution in [-0.2, 0) is 0 Å². The van der Waals surface area contributed by atoms with Gasteiger partial charge in [0.05, 0.1) is 10.4 Å². The normalized spacial score (nSPS) is 11.9. The van der Waals surface area contributed by atoms with Crippen LogP contribution in [0, 0.1) is 12.7 Å². The molecule has 2 rings (SSSR count). The average molecular weight is 308 g/mol. The molecule has 5 heteroatoms. The smallest absolute Gasteiger partial charge is 0.262 e. The third-order valence-corrected chi connectivity index (χ3v) is 5.49. The van der Waals surface area contributed by atoms with Crippen molar-refractivity contribution >= 4 is 27.3 Å². The van der Waals surface area contributed by atoms with E-state index in [0.717, 1.165) is 17.5 Å². The monoisotopic (exact) mass is 308 g/mol. The molecule has 0 radical (unpaired) electrons. The Balaban J connectivity index is 2.41. The number of amides is 1. The Kier molecular flexibility index (Phi) is 4.64. The summed E-state index contributed by atoms with van der Waals surface area (Å²) in [6.45, 7) is 6.20. The van der Waals surface area contributed by atoms with Crippen molar-refractivity contribution in [3.8, 4) is 0 Å². The highest BCUT2D eigenvalue weighted by atomic mass is 32.1. The maximum atomic E-state index is 13.9. The van der Waals surface area contributed by atoms with Crippen LogP contribution in [0.4, 0.5) is 4.39 Å². The van der Waals surface area contributed by atoms with Crippen LogP contribution in [0.2, 0.25) is 0 Å². The fourth-order valence-electron chi connectivity index (χ4n) is 2.53. The van der Waals surface area contributed by atoms with Crippen molar-refractivity contribution in [1.29, 1.82) is 0 Å². The van der Waals surface area contributed by atoms with Crippen LogP contribution >= 0.6 is 11.3 Å². The highest BCUT2D eigenvalue weighted by Crippen LogP contribution is 2.33. The molecule has 1 aromatic carbocycles. The molecule has 0 bridgehead atoms. The van der Waals surface area contributed by atoms with Gasteiger partial charge in [-0.1, -0.05) is 19.9 Å². The molecule has 0 atom stereocenters. The van der Waals surface area contributed by atoms with E-state index in [2.05, 4.69) is 5.32 Å². The number of aryl methyl sites for hydroxylation is 1. The molecule has 1 amide bonds. The van der Waals surface area contributed by atoms with Gasteiger partial charge in [-0.05, 0) is 37.5 Å². The number of rotatable bonds is 5. The lowest BCUT2D eigenvalue weighted by molar-refractivity contribution is 0.0899. The number of benzene rings is 1. The summed E-state index contributed by atoms with van der Waals surface area (Å²) in [5.74, 6) is -0.446. The molecule has 1 aromatic heterocycles. The highest BCUT2D eigenvalue weighted by Gasteiger charge is 2.28. The summed E-state index contributed by atoms with van der Waals surface area (Å²) < 4.78 is 14.7. The van der Waals surface area contributed by atoms with E-state index in [1.54, 1.807) is 13.0 Å². The van der Waals surface area contributed by atoms with Crippen molar-refractivity contribution in [3.05, 3.63) is 34.5 Å². The Morgan fingerprint density at radius 3 is 2.57 bits per heavy atom. The van der Waals surface area contributed by atoms with Crippen LogP contribution in [-0.4, -0.2) is 18.0 Å². The van der Waals surface area contributed by atoms with Crippen molar-refractivity contribution < 1.29 is 9.18 Å². The number of fused-ring (bicyclic) bond motifs is 1. The molecule has 3 N–H and O–H groups in total. The predicted molar refractivity (Wildman–Crippen MR) is 86.4 cm³/mol. The summed E-state index contributed by atoms with van der Waals surface area (Å²) in [6.07, 6.45) is 1.54. The minimum atomic E-state index is -0.391. The molecule has 0 aliphatic carbocycles. The maximum absolute atomic E-state index is 13.9. The summed E-state index contributed by atoms with van der Waals surface area (Å²) in [6, 6.07) is 4.92. The van der Waals surface area contributed by atoms with E-state index in [1.165, 1.54) is 17.4 Å². The number of hydrogen-bond acceptors (Lipinski definition) is 3. The summed E-state index contributed by atoms with van der Waals surface area (Å²) in [5, 5.41) is 3.58. The largest absolute Gasteiger partial charge is 0.345 e. The molecule has 0 spiro atoms. The summed E-state index contributed by atoms with van der Waals surface area (Å²) in [4.78, 5) is 13.1. The molecule has 114 valence electrons. The van der Waals surface area contributed by atoms with Crippen molar-refractivity contribution in [1.82, 2.24) is 5.32 Å². The molecule has 0 aliphatic rings. The third-order valence-electron chi connectivity index (χ3n) is 4.23. The molecule has 21 heavy (non-hydrogen) atoms. The molecule has 3 nitrogen and oxygen atoms in total. The van der Waals surface area contributed by atoms with E-state index >= 15 is 0 Å². The zero-order chi connectivity index (χ0) is 15.6. The summed E-state index contributed by atoms with van der Waals surface area (Å²) >= 11 is 1.33. The van der Waals surface area contributed by atoms with Crippen molar-refractivity contribution in [2.24, 2.45) is 5.73 Å². The number of nitrogens with one attached hydrogen (secondary N) is 1. The van der Waals surface area contributed by atoms with E-state index in [4.69, 9.17) is 5.73 Å². The van der Waals surface area contributed by atoms with Gasteiger partial charge in [0.1, 0.15) is 5.82 Å². The average Bonchev–Trinajstić information content (AvgIpc) is 2.83. The number of halogens is 1. The topological polar surface area (TPSA) is 55.1 Å². The SMILES string of the molecule is CCC(CC)(CN)NC(=O)c1sc2cccc(F)c2c1C. The first-order chi connectivity index (χ1) is 9.98. The molecule has 0 saturated heterocycles. The lowest BCUT2D eigenvalue weighted by Gasteiger charge is -2.31. The number of carbonyl (C=O) groups excluding carboxylic acids is 1. The molecule has 0 fully saturated rings. The van der Waals surface area contributed by atoms with E-state index in [9.17, 15) is 9.18 Å². The van der Waals surface area contributed by atoms with Gasteiger partial charge in [0.2, 0.25) is 0 Å². The molecule has 2 aromatic rings. The van der Waals surface area contributed by atoms with Crippen LogP contribution in [0.25, 0.3) is 10.1 Å². The first-order valence-corrected chi connectivity index (χ1v) is 7.99. The van der Waals surface area contributed by atoms with Gasteiger partial charge < -0.3 is 11.1 Å². The Morgan fingerprint density at radius 2 is 2.05 bits per heavy atom. The fraction of sp³-hybridized carbons (Fsp3) is 0.438. The number of carbonyl (C=O) groups is 1. The number of nitrogens with two attached hydrogens (primary N) is 1. The van der Waals surface area contributed by atoms with Gasteiger partial charge in [0, 0.05) is 16.6 Å². The first-order valence-electron chi connectivity index (χ1n) is 7.18. The number of hydrogen-bond donors (Lipinski definition) is 2. The van der Waals surface area contributed by atoms with E-state index in [1.807, 2.05) is 19.9 Å². The quantitative estimate of drug-likeness (QED) is 0.887. The highest BCUT2D eigenvalue weighted by molar-refractivity contribution is 7.21. The van der Waals surface area contributed by atoms with Crippen molar-refractivity contribution in [2.45, 2.75) is 39.2 Å². The summed E-state index contributed by atoms with van der Waals surface area (Å²) in [5.41, 5.74) is 6.13. The van der Waals surface area contributed by atoms with Crippen LogP contribution < -0.4 is 11.1 Å². The Bertz CT molecular complexity index is 653. The second-order valence-electron chi connectivity index (χ2n) is 5.31. The van der Waals surface area contributed by atoms with E-state index in [-0.39, 0.29) is 11.7 Å². The van der Waals surface area contributed by atoms with Crippen LogP contribution in [0.3, 0.4) is 0 Å². The molecule has 1 heterocycles. The third kappa shape index (κ3) is 2.80. The van der Waals surface area contributed by atoms with E-state index < -0.39 is 5.54 Å². The van der Waals surface area contributed by atoms with Gasteiger partial charge in [-0.2, -0.15) is 0 Å². The fourth-order valence-corrected chi connectivity index (χ4v) is 3.65. The minimum Gasteiger partial charge on any atom is -0.345 e. The molecule has 0 unspecified atom stereocenters. The van der Waals surface area contributed by atoms with E-state index in [0.29, 0.717) is 22.4 Å². The Hall–Kier alpha value is -1.46. The molecular formula is C16H21FN2OS. The zero-order valence-electron chi connectivity index (χ0n) is 12.6. The molecular weight excluding hydrogens is 287 g/mol. The molecule has 0 aliphatic heterocycles. The maximum Gasteiger partial charge on any atom is 0.262 e. The van der Waals surface area contributed by atoms with Crippen molar-refractivity contribution in [3.63, 3.8) is 0 Å². The van der Waals surface area contributed by atoms with Gasteiger partial charge in [-0.3, -0.25) is 4.79 Å². The van der Waals surface area contributed by atoms with Gasteiger partial charge in [-0.15, -0.1) is 11.3 Å². The lowest BCUT2D eigenvalue weighted by Crippen LogP contribution is -2.52. The van der Waals surface area contributed by atoms with Gasteiger partial charge in [0.25, 0.3) is 5.91 Å².